The molecule has 0 spiro atoms. The number of carbonyl (C=O) groups is 1. The Bertz CT molecular complexity index is 998. The van der Waals surface area contributed by atoms with Crippen molar-refractivity contribution in [3.8, 4) is 11.4 Å². The number of nitrogens with one attached hydrogen (secondary N) is 1. The van der Waals surface area contributed by atoms with Crippen LogP contribution in [0.1, 0.15) is 11.1 Å². The quantitative estimate of drug-likeness (QED) is 0.677. The predicted molar refractivity (Wildman–Crippen MR) is 93.6 cm³/mol. The first kappa shape index (κ1) is 20.5. The third-order valence-corrected chi connectivity index (χ3v) is 5.32. The Morgan fingerprint density at radius 3 is 2.27 bits per heavy atom. The molecule has 0 saturated carbocycles. The summed E-state index contributed by atoms with van der Waals surface area (Å²) >= 11 is 1.17. The number of rotatable bonds is 1. The fourth-order valence-corrected chi connectivity index (χ4v) is 3.84. The average Bonchev–Trinajstić information content (AvgIpc) is 3.09. The molecule has 1 N–H and O–H groups in total. The molecule has 1 saturated heterocycles. The lowest BCUT2D eigenvalue weighted by Gasteiger charge is -2.30. The van der Waals surface area contributed by atoms with Crippen LogP contribution < -0.4 is 5.32 Å². The molecule has 1 aromatic heterocycles. The van der Waals surface area contributed by atoms with Gasteiger partial charge in [0.25, 0.3) is 0 Å². The SMILES string of the molecule is O=C1CN(C2=Nn3c(nnc3-c3cc(C(F)(F)F)cc(C(F)(F)F)c3)SC2)CCN1. The number of thioether (sulfide) groups is 1. The van der Waals surface area contributed by atoms with Crippen LogP contribution in [0.15, 0.2) is 28.5 Å². The van der Waals surface area contributed by atoms with Gasteiger partial charge in [-0.1, -0.05) is 11.8 Å². The molecule has 2 aromatic rings. The molecule has 30 heavy (non-hydrogen) atoms. The Hall–Kier alpha value is -2.77. The summed E-state index contributed by atoms with van der Waals surface area (Å²) < 4.78 is 80.1. The second-order valence-corrected chi connectivity index (χ2v) is 7.43. The van der Waals surface area contributed by atoms with Gasteiger partial charge in [0.15, 0.2) is 5.82 Å². The molecule has 1 amide bonds. The molecule has 3 heterocycles. The van der Waals surface area contributed by atoms with Crippen LogP contribution in [0.2, 0.25) is 0 Å². The lowest BCUT2D eigenvalue weighted by molar-refractivity contribution is -0.143. The van der Waals surface area contributed by atoms with Gasteiger partial charge in [-0.05, 0) is 18.2 Å². The van der Waals surface area contributed by atoms with Gasteiger partial charge in [0.1, 0.15) is 5.84 Å². The van der Waals surface area contributed by atoms with Gasteiger partial charge in [-0.3, -0.25) is 4.79 Å². The predicted octanol–water partition coefficient (Wildman–Crippen LogP) is 2.68. The fraction of sp³-hybridized carbons (Fsp3) is 0.375. The Morgan fingerprint density at radius 1 is 1.00 bits per heavy atom. The zero-order valence-electron chi connectivity index (χ0n) is 14.9. The number of hydrogen-bond acceptors (Lipinski definition) is 6. The summed E-state index contributed by atoms with van der Waals surface area (Å²) in [5, 5.41) is 14.8. The maximum Gasteiger partial charge on any atom is 0.416 e. The first-order valence-electron chi connectivity index (χ1n) is 8.50. The molecule has 0 unspecified atom stereocenters. The van der Waals surface area contributed by atoms with Crippen molar-refractivity contribution in [3.05, 3.63) is 29.3 Å². The zero-order valence-corrected chi connectivity index (χ0v) is 15.7. The van der Waals surface area contributed by atoms with E-state index in [-0.39, 0.29) is 29.5 Å². The summed E-state index contributed by atoms with van der Waals surface area (Å²) in [6.07, 6.45) is -9.96. The molecule has 1 fully saturated rings. The number of piperazine rings is 1. The smallest absolute Gasteiger partial charge is 0.353 e. The molecular formula is C16H12F6N6OS. The first-order chi connectivity index (χ1) is 14.0. The molecule has 160 valence electrons. The highest BCUT2D eigenvalue weighted by Gasteiger charge is 2.38. The molecule has 1 aromatic carbocycles. The number of alkyl halides is 6. The van der Waals surface area contributed by atoms with Crippen LogP contribution in [0.25, 0.3) is 11.4 Å². The van der Waals surface area contributed by atoms with Gasteiger partial charge in [-0.25, -0.2) is 0 Å². The maximum absolute atomic E-state index is 13.2. The van der Waals surface area contributed by atoms with Crippen LogP contribution in [0.4, 0.5) is 26.3 Å². The molecule has 14 heteroatoms. The summed E-state index contributed by atoms with van der Waals surface area (Å²) in [5.41, 5.74) is -3.33. The van der Waals surface area contributed by atoms with Crippen molar-refractivity contribution in [2.75, 3.05) is 25.4 Å². The summed E-state index contributed by atoms with van der Waals surface area (Å²) in [5.74, 6) is 0.317. The minimum Gasteiger partial charge on any atom is -0.353 e. The van der Waals surface area contributed by atoms with E-state index in [1.165, 1.54) is 11.8 Å². The van der Waals surface area contributed by atoms with E-state index >= 15 is 0 Å². The molecule has 0 bridgehead atoms. The third-order valence-electron chi connectivity index (χ3n) is 4.41. The van der Waals surface area contributed by atoms with E-state index in [9.17, 15) is 31.1 Å². The van der Waals surface area contributed by atoms with Gasteiger partial charge in [0.05, 0.1) is 23.4 Å². The number of carbonyl (C=O) groups excluding carboxylic acids is 1. The van der Waals surface area contributed by atoms with Gasteiger partial charge < -0.3 is 10.2 Å². The van der Waals surface area contributed by atoms with Crippen molar-refractivity contribution >= 4 is 23.5 Å². The number of fused-ring (bicyclic) bond motifs is 1. The van der Waals surface area contributed by atoms with Crippen molar-refractivity contribution in [1.82, 2.24) is 25.1 Å². The van der Waals surface area contributed by atoms with Gasteiger partial charge in [-0.15, -0.1) is 10.2 Å². The normalized spacial score (nSPS) is 17.5. The van der Waals surface area contributed by atoms with Crippen molar-refractivity contribution in [2.24, 2.45) is 5.10 Å². The molecule has 2 aliphatic rings. The van der Waals surface area contributed by atoms with Crippen molar-refractivity contribution in [3.63, 3.8) is 0 Å². The highest BCUT2D eigenvalue weighted by atomic mass is 32.2. The van der Waals surface area contributed by atoms with Crippen molar-refractivity contribution < 1.29 is 31.1 Å². The second kappa shape index (κ2) is 7.18. The third kappa shape index (κ3) is 3.95. The number of hydrogen-bond donors (Lipinski definition) is 1. The number of benzene rings is 1. The van der Waals surface area contributed by atoms with Crippen LogP contribution in [-0.4, -0.2) is 56.9 Å². The Labute approximate surface area is 169 Å². The van der Waals surface area contributed by atoms with Crippen LogP contribution in [-0.2, 0) is 17.1 Å². The zero-order chi connectivity index (χ0) is 21.7. The average molecular weight is 450 g/mol. The summed E-state index contributed by atoms with van der Waals surface area (Å²) in [6.45, 7) is 0.917. The molecule has 2 aliphatic heterocycles. The van der Waals surface area contributed by atoms with Gasteiger partial charge >= 0.3 is 12.4 Å². The maximum atomic E-state index is 13.2. The minimum atomic E-state index is -4.98. The van der Waals surface area contributed by atoms with Crippen LogP contribution in [0.5, 0.6) is 0 Å². The molecular weight excluding hydrogens is 438 g/mol. The molecule has 7 nitrogen and oxygen atoms in total. The van der Waals surface area contributed by atoms with Crippen molar-refractivity contribution in [2.45, 2.75) is 17.5 Å². The van der Waals surface area contributed by atoms with Gasteiger partial charge in [0.2, 0.25) is 11.1 Å². The van der Waals surface area contributed by atoms with Crippen molar-refractivity contribution in [1.29, 1.82) is 0 Å². The van der Waals surface area contributed by atoms with E-state index in [4.69, 9.17) is 0 Å². The minimum absolute atomic E-state index is 0.0484. The fourth-order valence-electron chi connectivity index (χ4n) is 3.00. The Balaban J connectivity index is 1.79. The standard InChI is InChI=1S/C16H12F6N6OS/c17-15(18,19)9-3-8(4-10(5-9)16(20,21)22)13-24-25-14-28(13)26-11(7-30-14)27-2-1-23-12(29)6-27/h3-5H,1-2,6-7H2,(H,23,29). The van der Waals surface area contributed by atoms with E-state index in [0.717, 1.165) is 4.68 Å². The molecule has 0 aliphatic carbocycles. The topological polar surface area (TPSA) is 75.4 Å². The summed E-state index contributed by atoms with van der Waals surface area (Å²) in [7, 11) is 0. The number of halogens is 6. The van der Waals surface area contributed by atoms with E-state index in [0.29, 0.717) is 36.8 Å². The van der Waals surface area contributed by atoms with Gasteiger partial charge in [0, 0.05) is 18.7 Å². The Kier molecular flexibility index (Phi) is 4.91. The summed E-state index contributed by atoms with van der Waals surface area (Å²) in [4.78, 5) is 13.3. The van der Waals surface area contributed by atoms with E-state index < -0.39 is 29.0 Å². The lowest BCUT2D eigenvalue weighted by Crippen LogP contribution is -2.51. The van der Waals surface area contributed by atoms with E-state index in [1.807, 2.05) is 0 Å². The molecule has 4 rings (SSSR count). The first-order valence-corrected chi connectivity index (χ1v) is 9.48. The summed E-state index contributed by atoms with van der Waals surface area (Å²) in [6, 6.07) is 1.21. The molecule has 0 atom stereocenters. The second-order valence-electron chi connectivity index (χ2n) is 6.49. The van der Waals surface area contributed by atoms with E-state index in [2.05, 4.69) is 20.6 Å². The van der Waals surface area contributed by atoms with Gasteiger partial charge in [-0.2, -0.15) is 36.1 Å². The van der Waals surface area contributed by atoms with E-state index in [1.54, 1.807) is 4.90 Å². The number of amides is 1. The van der Waals surface area contributed by atoms with Crippen LogP contribution in [0.3, 0.4) is 0 Å². The highest BCUT2D eigenvalue weighted by Crippen LogP contribution is 2.39. The number of amidine groups is 1. The van der Waals surface area contributed by atoms with Crippen LogP contribution >= 0.6 is 11.8 Å². The lowest BCUT2D eigenvalue weighted by atomic mass is 10.0. The number of nitrogens with zero attached hydrogens (tertiary/aromatic N) is 5. The Morgan fingerprint density at radius 2 is 1.67 bits per heavy atom. The largest absolute Gasteiger partial charge is 0.416 e. The molecule has 0 radical (unpaired) electrons. The number of aromatic nitrogens is 3. The monoisotopic (exact) mass is 450 g/mol. The van der Waals surface area contributed by atoms with Crippen LogP contribution in [0, 0.1) is 0 Å². The highest BCUT2D eigenvalue weighted by molar-refractivity contribution is 7.99.